The van der Waals surface area contributed by atoms with E-state index in [0.717, 1.165) is 22.9 Å². The smallest absolute Gasteiger partial charge is 0.326 e. The van der Waals surface area contributed by atoms with Crippen molar-refractivity contribution in [1.29, 1.82) is 0 Å². The summed E-state index contributed by atoms with van der Waals surface area (Å²) in [6, 6.07) is 13.3. The van der Waals surface area contributed by atoms with Crippen molar-refractivity contribution in [3.05, 3.63) is 65.9 Å². The molecule has 7 heteroatoms. The Balaban J connectivity index is 1.52. The quantitative estimate of drug-likeness (QED) is 0.601. The van der Waals surface area contributed by atoms with Gasteiger partial charge in [0.25, 0.3) is 5.91 Å². The maximum absolute atomic E-state index is 12.7. The van der Waals surface area contributed by atoms with E-state index in [9.17, 15) is 19.5 Å². The molecule has 29 heavy (non-hydrogen) atoms. The highest BCUT2D eigenvalue weighted by molar-refractivity contribution is 6.00. The van der Waals surface area contributed by atoms with Gasteiger partial charge in [-0.3, -0.25) is 9.59 Å². The van der Waals surface area contributed by atoms with Gasteiger partial charge in [-0.25, -0.2) is 4.79 Å². The van der Waals surface area contributed by atoms with Crippen molar-refractivity contribution in [2.24, 2.45) is 0 Å². The number of nitrogens with zero attached hydrogens (tertiary/aromatic N) is 1. The molecule has 0 aliphatic carbocycles. The van der Waals surface area contributed by atoms with Crippen LogP contribution in [0.3, 0.4) is 0 Å². The number of hydrogen-bond donors (Lipinski definition) is 3. The average molecular weight is 391 g/mol. The van der Waals surface area contributed by atoms with Gasteiger partial charge in [-0.2, -0.15) is 0 Å². The Morgan fingerprint density at radius 3 is 2.76 bits per heavy atom. The van der Waals surface area contributed by atoms with Gasteiger partial charge in [0.05, 0.1) is 0 Å². The molecule has 2 aromatic carbocycles. The molecular formula is C22H21N3O4. The van der Waals surface area contributed by atoms with Crippen LogP contribution in [0.2, 0.25) is 0 Å². The van der Waals surface area contributed by atoms with E-state index in [1.54, 1.807) is 35.4 Å². The predicted octanol–water partition coefficient (Wildman–Crippen LogP) is 2.72. The second-order valence-electron chi connectivity index (χ2n) is 7.13. The molecule has 1 aromatic heterocycles. The van der Waals surface area contributed by atoms with Gasteiger partial charge in [-0.05, 0) is 36.2 Å². The summed E-state index contributed by atoms with van der Waals surface area (Å²) in [4.78, 5) is 41.2. The maximum Gasteiger partial charge on any atom is 0.326 e. The van der Waals surface area contributed by atoms with Crippen molar-refractivity contribution >= 4 is 34.4 Å². The van der Waals surface area contributed by atoms with E-state index in [0.29, 0.717) is 24.2 Å². The summed E-state index contributed by atoms with van der Waals surface area (Å²) >= 11 is 0. The third-order valence-electron chi connectivity index (χ3n) is 5.20. The number of aliphatic carboxylic acids is 1. The molecule has 1 aliphatic rings. The number of rotatable bonds is 6. The monoisotopic (exact) mass is 391 g/mol. The van der Waals surface area contributed by atoms with Crippen LogP contribution in [0.25, 0.3) is 10.9 Å². The second kappa shape index (κ2) is 7.79. The molecule has 3 aromatic rings. The van der Waals surface area contributed by atoms with Crippen LogP contribution >= 0.6 is 0 Å². The van der Waals surface area contributed by atoms with Gasteiger partial charge in [0.15, 0.2) is 0 Å². The van der Waals surface area contributed by atoms with Crippen LogP contribution in [-0.2, 0) is 16.0 Å². The summed E-state index contributed by atoms with van der Waals surface area (Å²) in [7, 11) is 0. The van der Waals surface area contributed by atoms with Crippen molar-refractivity contribution < 1.29 is 19.5 Å². The number of benzene rings is 2. The zero-order valence-corrected chi connectivity index (χ0v) is 15.7. The van der Waals surface area contributed by atoms with E-state index >= 15 is 0 Å². The molecule has 2 heterocycles. The Kier molecular flexibility index (Phi) is 5.03. The first-order valence-electron chi connectivity index (χ1n) is 9.52. The number of carbonyl (C=O) groups excluding carboxylic acids is 2. The van der Waals surface area contributed by atoms with Gasteiger partial charge in [-0.1, -0.05) is 24.3 Å². The summed E-state index contributed by atoms with van der Waals surface area (Å²) in [5.41, 5.74) is 2.72. The number of amides is 2. The standard InChI is InChI=1S/C22H21N3O4/c26-20-9-4-10-25(20)16-6-3-5-14(11-16)21(27)24-19(22(28)29)12-15-13-23-18-8-2-1-7-17(15)18/h1-3,5-8,11,13,19,23H,4,9-10,12H2,(H,24,27)(H,28,29)/t19-/m1/s1. The number of para-hydroxylation sites is 1. The SMILES string of the molecule is O=C(N[C@H](Cc1c[nH]c2ccccc12)C(=O)O)c1cccc(N2CCCC2=O)c1. The molecule has 2 amide bonds. The molecule has 0 bridgehead atoms. The fourth-order valence-corrected chi connectivity index (χ4v) is 3.70. The summed E-state index contributed by atoms with van der Waals surface area (Å²) < 4.78 is 0. The van der Waals surface area contributed by atoms with Crippen molar-refractivity contribution in [2.45, 2.75) is 25.3 Å². The number of anilines is 1. The number of carboxylic acids is 1. The Morgan fingerprint density at radius 1 is 1.17 bits per heavy atom. The van der Waals surface area contributed by atoms with E-state index in [1.165, 1.54) is 0 Å². The van der Waals surface area contributed by atoms with E-state index in [-0.39, 0.29) is 12.3 Å². The molecule has 148 valence electrons. The first-order valence-corrected chi connectivity index (χ1v) is 9.52. The Morgan fingerprint density at radius 2 is 2.00 bits per heavy atom. The average Bonchev–Trinajstić information content (AvgIpc) is 3.33. The number of fused-ring (bicyclic) bond motifs is 1. The molecule has 0 saturated carbocycles. The molecule has 0 spiro atoms. The minimum Gasteiger partial charge on any atom is -0.480 e. The van der Waals surface area contributed by atoms with Crippen LogP contribution in [0.4, 0.5) is 5.69 Å². The minimum atomic E-state index is -1.10. The van der Waals surface area contributed by atoms with E-state index < -0.39 is 17.9 Å². The molecular weight excluding hydrogens is 370 g/mol. The summed E-state index contributed by atoms with van der Waals surface area (Å²) in [5, 5.41) is 13.2. The number of carboxylic acid groups (broad SMARTS) is 1. The molecule has 7 nitrogen and oxygen atoms in total. The summed E-state index contributed by atoms with van der Waals surface area (Å²) in [6.07, 6.45) is 3.23. The number of aromatic amines is 1. The Hall–Kier alpha value is -3.61. The van der Waals surface area contributed by atoms with Crippen LogP contribution in [-0.4, -0.2) is 40.5 Å². The van der Waals surface area contributed by atoms with Crippen molar-refractivity contribution in [3.8, 4) is 0 Å². The zero-order chi connectivity index (χ0) is 20.4. The zero-order valence-electron chi connectivity index (χ0n) is 15.7. The van der Waals surface area contributed by atoms with Gasteiger partial charge in [0.1, 0.15) is 6.04 Å². The largest absolute Gasteiger partial charge is 0.480 e. The van der Waals surface area contributed by atoms with Gasteiger partial charge in [0, 0.05) is 47.7 Å². The van der Waals surface area contributed by atoms with Gasteiger partial charge in [0.2, 0.25) is 5.91 Å². The topological polar surface area (TPSA) is 102 Å². The van der Waals surface area contributed by atoms with Crippen LogP contribution in [0.1, 0.15) is 28.8 Å². The number of hydrogen-bond acceptors (Lipinski definition) is 3. The van der Waals surface area contributed by atoms with E-state index in [2.05, 4.69) is 10.3 Å². The van der Waals surface area contributed by atoms with E-state index in [4.69, 9.17) is 0 Å². The highest BCUT2D eigenvalue weighted by atomic mass is 16.4. The van der Waals surface area contributed by atoms with Crippen LogP contribution in [0, 0.1) is 0 Å². The Bertz CT molecular complexity index is 1090. The summed E-state index contributed by atoms with van der Waals surface area (Å²) in [6.45, 7) is 0.627. The van der Waals surface area contributed by atoms with Crippen molar-refractivity contribution in [2.75, 3.05) is 11.4 Å². The third kappa shape index (κ3) is 3.85. The molecule has 1 fully saturated rings. The normalized spacial score (nSPS) is 14.9. The highest BCUT2D eigenvalue weighted by Crippen LogP contribution is 2.23. The van der Waals surface area contributed by atoms with Gasteiger partial charge in [-0.15, -0.1) is 0 Å². The van der Waals surface area contributed by atoms with Gasteiger partial charge < -0.3 is 20.3 Å². The lowest BCUT2D eigenvalue weighted by Crippen LogP contribution is -2.42. The van der Waals surface area contributed by atoms with E-state index in [1.807, 2.05) is 24.3 Å². The first-order chi connectivity index (χ1) is 14.0. The molecule has 0 unspecified atom stereocenters. The fourth-order valence-electron chi connectivity index (χ4n) is 3.70. The van der Waals surface area contributed by atoms with Crippen molar-refractivity contribution in [1.82, 2.24) is 10.3 Å². The Labute approximate surface area is 167 Å². The lowest BCUT2D eigenvalue weighted by atomic mass is 10.0. The molecule has 0 radical (unpaired) electrons. The van der Waals surface area contributed by atoms with Crippen LogP contribution in [0.15, 0.2) is 54.7 Å². The van der Waals surface area contributed by atoms with Crippen LogP contribution < -0.4 is 10.2 Å². The lowest BCUT2D eigenvalue weighted by molar-refractivity contribution is -0.139. The number of H-pyrrole nitrogens is 1. The van der Waals surface area contributed by atoms with Gasteiger partial charge >= 0.3 is 5.97 Å². The highest BCUT2D eigenvalue weighted by Gasteiger charge is 2.25. The van der Waals surface area contributed by atoms with Crippen LogP contribution in [0.5, 0.6) is 0 Å². The molecule has 1 saturated heterocycles. The molecule has 1 aliphatic heterocycles. The second-order valence-corrected chi connectivity index (χ2v) is 7.13. The lowest BCUT2D eigenvalue weighted by Gasteiger charge is -2.18. The maximum atomic E-state index is 12.7. The fraction of sp³-hybridized carbons (Fsp3) is 0.227. The minimum absolute atomic E-state index is 0.0327. The van der Waals surface area contributed by atoms with Crippen molar-refractivity contribution in [3.63, 3.8) is 0 Å². The third-order valence-corrected chi connectivity index (χ3v) is 5.20. The first kappa shape index (κ1) is 18.7. The number of nitrogens with one attached hydrogen (secondary N) is 2. The number of carbonyl (C=O) groups is 3. The molecule has 3 N–H and O–H groups in total. The molecule has 4 rings (SSSR count). The summed E-state index contributed by atoms with van der Waals surface area (Å²) in [5.74, 6) is -1.55. The molecule has 1 atom stereocenters. The number of aromatic nitrogens is 1. The predicted molar refractivity (Wildman–Crippen MR) is 109 cm³/mol.